The zero-order valence-corrected chi connectivity index (χ0v) is 9.54. The van der Waals surface area contributed by atoms with Gasteiger partial charge in [0.1, 0.15) is 5.82 Å². The van der Waals surface area contributed by atoms with Gasteiger partial charge in [0.25, 0.3) is 0 Å². The molecule has 0 spiro atoms. The summed E-state index contributed by atoms with van der Waals surface area (Å²) >= 11 is 0. The van der Waals surface area contributed by atoms with E-state index >= 15 is 0 Å². The van der Waals surface area contributed by atoms with Crippen molar-refractivity contribution in [1.82, 2.24) is 14.7 Å². The molecule has 0 aliphatic carbocycles. The Kier molecular flexibility index (Phi) is 2.73. The molecule has 2 rings (SSSR count). The molecule has 0 radical (unpaired) electrons. The van der Waals surface area contributed by atoms with Gasteiger partial charge in [-0.1, -0.05) is 13.0 Å². The summed E-state index contributed by atoms with van der Waals surface area (Å²) in [5.74, 6) is 1.06. The third kappa shape index (κ3) is 1.75. The summed E-state index contributed by atoms with van der Waals surface area (Å²) in [4.78, 5) is 4.56. The zero-order valence-electron chi connectivity index (χ0n) is 9.54. The zero-order chi connectivity index (χ0) is 10.8. The molecule has 0 atom stereocenters. The lowest BCUT2D eigenvalue weighted by Crippen LogP contribution is -2.05. The average Bonchev–Trinajstić information content (AvgIpc) is 2.56. The fourth-order valence-corrected chi connectivity index (χ4v) is 1.86. The smallest absolute Gasteiger partial charge is 0.110 e. The first kappa shape index (κ1) is 10.2. The van der Waals surface area contributed by atoms with Gasteiger partial charge in [0.2, 0.25) is 0 Å². The Bertz CT molecular complexity index is 471. The molecule has 3 nitrogen and oxygen atoms in total. The normalized spacial score (nSPS) is 11.1. The maximum Gasteiger partial charge on any atom is 0.110 e. The van der Waals surface area contributed by atoms with Crippen molar-refractivity contribution in [1.29, 1.82) is 0 Å². The number of hydrogen-bond acceptors (Lipinski definition) is 2. The summed E-state index contributed by atoms with van der Waals surface area (Å²) in [6.45, 7) is 5.04. The fourth-order valence-electron chi connectivity index (χ4n) is 1.86. The Labute approximate surface area is 90.1 Å². The van der Waals surface area contributed by atoms with Crippen LogP contribution in [0.1, 0.15) is 24.0 Å². The molecule has 0 fully saturated rings. The highest BCUT2D eigenvalue weighted by Gasteiger charge is 2.06. The number of imidazole rings is 1. The van der Waals surface area contributed by atoms with Crippen LogP contribution >= 0.6 is 0 Å². The summed E-state index contributed by atoms with van der Waals surface area (Å²) in [6, 6.07) is 4.33. The van der Waals surface area contributed by atoms with E-state index in [2.05, 4.69) is 40.0 Å². The quantitative estimate of drug-likeness (QED) is 0.826. The standard InChI is InChI=1S/C12H17N3/c1-4-10-5-6-12-11(7-13-3)14-9(2)15(12)8-10/h5-6,8,13H,4,7H2,1-3H3. The number of aryl methyl sites for hydroxylation is 2. The van der Waals surface area contributed by atoms with Crippen molar-refractivity contribution in [2.45, 2.75) is 26.8 Å². The predicted octanol–water partition coefficient (Wildman–Crippen LogP) is 1.92. The highest BCUT2D eigenvalue weighted by Crippen LogP contribution is 2.14. The maximum atomic E-state index is 4.56. The van der Waals surface area contributed by atoms with Gasteiger partial charge in [0.05, 0.1) is 11.2 Å². The van der Waals surface area contributed by atoms with Gasteiger partial charge in [-0.15, -0.1) is 0 Å². The van der Waals surface area contributed by atoms with Crippen molar-refractivity contribution in [3.8, 4) is 0 Å². The SMILES string of the molecule is CCc1ccc2c(CNC)nc(C)n2c1. The summed E-state index contributed by atoms with van der Waals surface area (Å²) in [6.07, 6.45) is 3.24. The molecule has 2 aromatic heterocycles. The largest absolute Gasteiger partial charge is 0.314 e. The monoisotopic (exact) mass is 203 g/mol. The van der Waals surface area contributed by atoms with Crippen LogP contribution in [0.5, 0.6) is 0 Å². The molecule has 80 valence electrons. The number of aromatic nitrogens is 2. The van der Waals surface area contributed by atoms with E-state index in [0.717, 1.165) is 24.5 Å². The van der Waals surface area contributed by atoms with E-state index < -0.39 is 0 Å². The van der Waals surface area contributed by atoms with Crippen LogP contribution in [0, 0.1) is 6.92 Å². The van der Waals surface area contributed by atoms with E-state index in [9.17, 15) is 0 Å². The van der Waals surface area contributed by atoms with Gasteiger partial charge in [0.15, 0.2) is 0 Å². The van der Waals surface area contributed by atoms with Crippen LogP contribution in [0.2, 0.25) is 0 Å². The minimum Gasteiger partial charge on any atom is -0.314 e. The lowest BCUT2D eigenvalue weighted by atomic mass is 10.2. The molecule has 0 unspecified atom stereocenters. The first-order valence-electron chi connectivity index (χ1n) is 5.37. The lowest BCUT2D eigenvalue weighted by Gasteiger charge is -2.01. The summed E-state index contributed by atoms with van der Waals surface area (Å²) < 4.78 is 2.17. The second-order valence-electron chi connectivity index (χ2n) is 3.78. The minimum atomic E-state index is 0.822. The molecule has 0 saturated carbocycles. The highest BCUT2D eigenvalue weighted by molar-refractivity contribution is 5.54. The molecule has 0 saturated heterocycles. The van der Waals surface area contributed by atoms with Crippen LogP contribution in [0.4, 0.5) is 0 Å². The average molecular weight is 203 g/mol. The van der Waals surface area contributed by atoms with Crippen LogP contribution in [0.15, 0.2) is 18.3 Å². The summed E-state index contributed by atoms with van der Waals surface area (Å²) in [5, 5.41) is 3.14. The van der Waals surface area contributed by atoms with Gasteiger partial charge in [-0.05, 0) is 32.0 Å². The van der Waals surface area contributed by atoms with Crippen molar-refractivity contribution in [2.24, 2.45) is 0 Å². The van der Waals surface area contributed by atoms with Crippen molar-refractivity contribution in [3.63, 3.8) is 0 Å². The molecule has 2 aromatic rings. The van der Waals surface area contributed by atoms with E-state index in [-0.39, 0.29) is 0 Å². The molecular formula is C12H17N3. The van der Waals surface area contributed by atoms with Crippen LogP contribution in [0.3, 0.4) is 0 Å². The van der Waals surface area contributed by atoms with E-state index in [1.165, 1.54) is 11.1 Å². The predicted molar refractivity (Wildman–Crippen MR) is 62.1 cm³/mol. The number of nitrogens with zero attached hydrogens (tertiary/aromatic N) is 2. The Morgan fingerprint density at radius 1 is 1.40 bits per heavy atom. The van der Waals surface area contributed by atoms with Crippen molar-refractivity contribution in [3.05, 3.63) is 35.4 Å². The number of fused-ring (bicyclic) bond motifs is 1. The van der Waals surface area contributed by atoms with Crippen LogP contribution in [-0.2, 0) is 13.0 Å². The van der Waals surface area contributed by atoms with Gasteiger partial charge in [-0.3, -0.25) is 0 Å². The molecule has 0 aliphatic rings. The molecule has 0 amide bonds. The Hall–Kier alpha value is -1.35. The maximum absolute atomic E-state index is 4.56. The number of hydrogen-bond donors (Lipinski definition) is 1. The van der Waals surface area contributed by atoms with Crippen molar-refractivity contribution >= 4 is 5.52 Å². The summed E-state index contributed by atoms with van der Waals surface area (Å²) in [7, 11) is 1.95. The van der Waals surface area contributed by atoms with Gasteiger partial charge in [0, 0.05) is 12.7 Å². The van der Waals surface area contributed by atoms with E-state index in [0.29, 0.717) is 0 Å². The first-order valence-corrected chi connectivity index (χ1v) is 5.37. The second-order valence-corrected chi connectivity index (χ2v) is 3.78. The van der Waals surface area contributed by atoms with Crippen LogP contribution in [-0.4, -0.2) is 16.4 Å². The minimum absolute atomic E-state index is 0.822. The number of rotatable bonds is 3. The van der Waals surface area contributed by atoms with Crippen molar-refractivity contribution < 1.29 is 0 Å². The molecular weight excluding hydrogens is 186 g/mol. The first-order chi connectivity index (χ1) is 7.26. The third-order valence-electron chi connectivity index (χ3n) is 2.70. The Morgan fingerprint density at radius 2 is 2.20 bits per heavy atom. The second kappa shape index (κ2) is 4.03. The summed E-state index contributed by atoms with van der Waals surface area (Å²) in [5.41, 5.74) is 3.68. The third-order valence-corrected chi connectivity index (χ3v) is 2.70. The van der Waals surface area contributed by atoms with E-state index in [4.69, 9.17) is 0 Å². The topological polar surface area (TPSA) is 29.3 Å². The fraction of sp³-hybridized carbons (Fsp3) is 0.417. The van der Waals surface area contributed by atoms with E-state index in [1.54, 1.807) is 0 Å². The van der Waals surface area contributed by atoms with Crippen molar-refractivity contribution in [2.75, 3.05) is 7.05 Å². The number of nitrogens with one attached hydrogen (secondary N) is 1. The lowest BCUT2D eigenvalue weighted by molar-refractivity contribution is 0.800. The molecule has 0 bridgehead atoms. The molecule has 2 heterocycles. The molecule has 15 heavy (non-hydrogen) atoms. The van der Waals surface area contributed by atoms with Crippen LogP contribution < -0.4 is 5.32 Å². The Balaban J connectivity index is 2.59. The van der Waals surface area contributed by atoms with Crippen LogP contribution in [0.25, 0.3) is 5.52 Å². The highest BCUT2D eigenvalue weighted by atomic mass is 15.0. The van der Waals surface area contributed by atoms with Gasteiger partial charge in [-0.25, -0.2) is 4.98 Å². The Morgan fingerprint density at radius 3 is 2.87 bits per heavy atom. The molecule has 3 heteroatoms. The molecule has 1 N–H and O–H groups in total. The van der Waals surface area contributed by atoms with E-state index in [1.807, 2.05) is 14.0 Å². The number of pyridine rings is 1. The van der Waals surface area contributed by atoms with Gasteiger partial charge in [-0.2, -0.15) is 0 Å². The molecule has 0 aliphatic heterocycles. The molecule has 0 aromatic carbocycles. The van der Waals surface area contributed by atoms with Gasteiger partial charge >= 0.3 is 0 Å². The van der Waals surface area contributed by atoms with Gasteiger partial charge < -0.3 is 9.72 Å².